The van der Waals surface area contributed by atoms with Crippen LogP contribution in [0.3, 0.4) is 0 Å². The molecular weight excluding hydrogens is 341 g/mol. The standard InChI is InChI=1S/C15H22F3OSi.ClH.Mg/c1-13(2,3)20(19,14(4,5)6)12-10-8-7-9-11(12)15(16,17)18;;/h7-10H,1-6H3;1H;/q-1;;+2/p-1. The Labute approximate surface area is 154 Å². The molecule has 7 heteroatoms. The third kappa shape index (κ3) is 4.41. The van der Waals surface area contributed by atoms with Gasteiger partial charge in [-0.25, -0.2) is 0 Å². The van der Waals surface area contributed by atoms with E-state index in [9.17, 15) is 18.0 Å². The molecule has 0 aliphatic carbocycles. The Hall–Kier alpha value is 0.243. The van der Waals surface area contributed by atoms with Crippen LogP contribution in [0.4, 0.5) is 13.2 Å². The summed E-state index contributed by atoms with van der Waals surface area (Å²) in [7, 11) is -3.65. The molecule has 0 heterocycles. The Bertz CT molecular complexity index is 479. The van der Waals surface area contributed by atoms with Gasteiger partial charge in [-0.05, 0) is 0 Å². The minimum atomic E-state index is -4.49. The summed E-state index contributed by atoms with van der Waals surface area (Å²) < 4.78 is 39.7. The number of rotatable bonds is 1. The summed E-state index contributed by atoms with van der Waals surface area (Å²) in [5.74, 6) is 0. The van der Waals surface area contributed by atoms with E-state index >= 15 is 0 Å². The fourth-order valence-corrected chi connectivity index (χ4v) is 7.77. The van der Waals surface area contributed by atoms with E-state index in [1.165, 1.54) is 18.2 Å². The normalized spacial score (nSPS) is 13.2. The largest absolute Gasteiger partial charge is 2.00 e. The molecule has 1 rings (SSSR count). The molecular formula is C15H22ClF3MgOSi. The zero-order chi connectivity index (χ0) is 16.0. The Morgan fingerprint density at radius 1 is 0.864 bits per heavy atom. The second-order valence-electron chi connectivity index (χ2n) is 7.22. The van der Waals surface area contributed by atoms with E-state index < -0.39 is 30.1 Å². The van der Waals surface area contributed by atoms with E-state index in [2.05, 4.69) is 0 Å². The molecule has 0 spiro atoms. The third-order valence-electron chi connectivity index (χ3n) is 3.72. The zero-order valence-electron chi connectivity index (χ0n) is 13.9. The van der Waals surface area contributed by atoms with Gasteiger partial charge in [0.15, 0.2) is 0 Å². The van der Waals surface area contributed by atoms with Gasteiger partial charge in [-0.15, -0.1) is 0 Å². The molecule has 1 aromatic carbocycles. The summed E-state index contributed by atoms with van der Waals surface area (Å²) in [5.41, 5.74) is -0.772. The maximum Gasteiger partial charge on any atom is 2.00 e. The van der Waals surface area contributed by atoms with Crippen LogP contribution in [0.15, 0.2) is 24.3 Å². The van der Waals surface area contributed by atoms with E-state index in [0.717, 1.165) is 6.07 Å². The molecule has 0 saturated carbocycles. The van der Waals surface area contributed by atoms with Crippen molar-refractivity contribution >= 4 is 36.6 Å². The summed E-state index contributed by atoms with van der Waals surface area (Å²) in [5, 5.41) is -1.47. The van der Waals surface area contributed by atoms with Crippen LogP contribution in [0.1, 0.15) is 47.1 Å². The van der Waals surface area contributed by atoms with Crippen LogP contribution >= 0.6 is 0 Å². The number of halogens is 4. The summed E-state index contributed by atoms with van der Waals surface area (Å²) in [6, 6.07) is 5.26. The molecule has 0 saturated heterocycles. The number of hydrogen-bond donors (Lipinski definition) is 0. The third-order valence-corrected chi connectivity index (χ3v) is 9.14. The van der Waals surface area contributed by atoms with Crippen LogP contribution in [0.2, 0.25) is 10.1 Å². The maximum atomic E-state index is 13.7. The Kier molecular flexibility index (Phi) is 8.27. The summed E-state index contributed by atoms with van der Waals surface area (Å²) in [4.78, 5) is 13.7. The zero-order valence-corrected chi connectivity index (χ0v) is 17.1. The topological polar surface area (TPSA) is 23.1 Å². The van der Waals surface area contributed by atoms with Crippen molar-refractivity contribution in [1.82, 2.24) is 0 Å². The Morgan fingerprint density at radius 2 is 1.23 bits per heavy atom. The minimum Gasteiger partial charge on any atom is -1.00 e. The molecule has 0 N–H and O–H groups in total. The van der Waals surface area contributed by atoms with Gasteiger partial charge in [0, 0.05) is 8.32 Å². The summed E-state index contributed by atoms with van der Waals surface area (Å²) in [6.45, 7) is 10.5. The van der Waals surface area contributed by atoms with Crippen LogP contribution in [0.25, 0.3) is 0 Å². The summed E-state index contributed by atoms with van der Waals surface area (Å²) >= 11 is 0. The van der Waals surface area contributed by atoms with Gasteiger partial charge >= 0.3 is 29.2 Å². The molecule has 0 radical (unpaired) electrons. The van der Waals surface area contributed by atoms with E-state index in [0.29, 0.717) is 0 Å². The molecule has 0 atom stereocenters. The van der Waals surface area contributed by atoms with Gasteiger partial charge in [0.2, 0.25) is 0 Å². The molecule has 122 valence electrons. The van der Waals surface area contributed by atoms with Gasteiger partial charge in [0.05, 0.1) is 5.56 Å². The van der Waals surface area contributed by atoms with Crippen LogP contribution in [-0.4, -0.2) is 31.4 Å². The Morgan fingerprint density at radius 3 is 1.55 bits per heavy atom. The molecule has 0 fully saturated rings. The van der Waals surface area contributed by atoms with Crippen LogP contribution in [0, 0.1) is 0 Å². The second kappa shape index (κ2) is 7.42. The van der Waals surface area contributed by atoms with Gasteiger partial charge in [-0.1, -0.05) is 81.1 Å². The van der Waals surface area contributed by atoms with E-state index in [4.69, 9.17) is 0 Å². The Balaban J connectivity index is 0. The molecule has 0 unspecified atom stereocenters. The number of alkyl halides is 3. The number of hydrogen-bond acceptors (Lipinski definition) is 1. The first-order valence-corrected chi connectivity index (χ1v) is 8.51. The fourth-order valence-electron chi connectivity index (χ4n) is 2.97. The molecule has 0 aromatic heterocycles. The van der Waals surface area contributed by atoms with Crippen molar-refractivity contribution in [2.75, 3.05) is 0 Å². The molecule has 0 aliphatic rings. The van der Waals surface area contributed by atoms with E-state index in [1.54, 1.807) is 41.5 Å². The predicted octanol–water partition coefficient (Wildman–Crippen LogP) is 0.442. The second-order valence-corrected chi connectivity index (χ2v) is 12.1. The van der Waals surface area contributed by atoms with Crippen molar-refractivity contribution < 1.29 is 30.4 Å². The molecule has 0 bridgehead atoms. The van der Waals surface area contributed by atoms with E-state index in [-0.39, 0.29) is 40.6 Å². The monoisotopic (exact) mass is 362 g/mol. The van der Waals surface area contributed by atoms with Gasteiger partial charge in [0.25, 0.3) is 0 Å². The van der Waals surface area contributed by atoms with E-state index in [1.807, 2.05) is 0 Å². The fraction of sp³-hybridized carbons (Fsp3) is 0.600. The van der Waals surface area contributed by atoms with Gasteiger partial charge in [0.1, 0.15) is 0 Å². The molecule has 0 amide bonds. The average molecular weight is 363 g/mol. The first-order chi connectivity index (χ1) is 8.73. The van der Waals surface area contributed by atoms with Crippen molar-refractivity contribution in [2.45, 2.75) is 57.8 Å². The average Bonchev–Trinajstić information content (AvgIpc) is 2.23. The predicted molar refractivity (Wildman–Crippen MR) is 82.0 cm³/mol. The van der Waals surface area contributed by atoms with Crippen molar-refractivity contribution in [3.8, 4) is 0 Å². The van der Waals surface area contributed by atoms with Crippen LogP contribution in [0.5, 0.6) is 0 Å². The van der Waals surface area contributed by atoms with Gasteiger partial charge in [-0.2, -0.15) is 13.2 Å². The first-order valence-electron chi connectivity index (χ1n) is 6.60. The molecule has 1 nitrogen and oxygen atoms in total. The van der Waals surface area contributed by atoms with Gasteiger partial charge < -0.3 is 17.2 Å². The van der Waals surface area contributed by atoms with Crippen molar-refractivity contribution in [1.29, 1.82) is 0 Å². The number of benzene rings is 1. The van der Waals surface area contributed by atoms with Gasteiger partial charge in [-0.3, -0.25) is 0 Å². The van der Waals surface area contributed by atoms with Crippen molar-refractivity contribution in [2.24, 2.45) is 0 Å². The molecule has 1 aromatic rings. The summed E-state index contributed by atoms with van der Waals surface area (Å²) in [6.07, 6.45) is -4.49. The SMILES string of the molecule is CC(C)(C)[Si]([O-])(c1ccccc1C(F)(F)F)C(C)(C)C.[Cl-].[Mg+2]. The smallest absolute Gasteiger partial charge is 1.00 e. The van der Waals surface area contributed by atoms with Crippen LogP contribution in [-0.2, 0) is 6.18 Å². The quantitative estimate of drug-likeness (QED) is 0.665. The molecule has 0 aliphatic heterocycles. The minimum absolute atomic E-state index is 0. The van der Waals surface area contributed by atoms with Crippen molar-refractivity contribution in [3.63, 3.8) is 0 Å². The molecule has 22 heavy (non-hydrogen) atoms. The van der Waals surface area contributed by atoms with Crippen molar-refractivity contribution in [3.05, 3.63) is 29.8 Å². The van der Waals surface area contributed by atoms with Crippen LogP contribution < -0.4 is 22.4 Å². The first kappa shape index (κ1) is 24.5. The maximum absolute atomic E-state index is 13.7.